The van der Waals surface area contributed by atoms with Gasteiger partial charge in [0.2, 0.25) is 0 Å². The molecule has 0 N–H and O–H groups in total. The molecule has 0 aromatic heterocycles. The normalized spacial score (nSPS) is 50.8. The second-order valence-electron chi connectivity index (χ2n) is 18.3. The van der Waals surface area contributed by atoms with E-state index in [1.54, 1.807) is 0 Å². The largest absolute Gasteiger partial charge is 0.334 e. The lowest BCUT2D eigenvalue weighted by atomic mass is 9.60. The summed E-state index contributed by atoms with van der Waals surface area (Å²) in [5.41, 5.74) is 0.538. The number of hydrogen-bond acceptors (Lipinski definition) is 6. The van der Waals surface area contributed by atoms with E-state index < -0.39 is 15.2 Å². The van der Waals surface area contributed by atoms with E-state index in [9.17, 15) is 9.13 Å². The van der Waals surface area contributed by atoms with Gasteiger partial charge in [0, 0.05) is 0 Å². The summed E-state index contributed by atoms with van der Waals surface area (Å²) in [5, 5.41) is 0. The Hall–Kier alpha value is 0.300. The fourth-order valence-electron chi connectivity index (χ4n) is 12.9. The van der Waals surface area contributed by atoms with E-state index in [0.29, 0.717) is 35.5 Å². The van der Waals surface area contributed by atoms with Crippen LogP contribution in [-0.2, 0) is 27.2 Å². The summed E-state index contributed by atoms with van der Waals surface area (Å²) < 4.78 is 55.5. The standard InChI is InChI=1S/C39H66O6P2/c1-39(2,27-19-23-29(24-20-27)42-46(40)37-17-9-5-13-33(37)31-11-3-7-15-35(31)44-46)28-21-25-30(26-22-28)43-47(41)38-18-10-6-14-34(38)32-12-4-8-16-36(32)45-47/h27-38H,3-26H2,1-2H3. The molecule has 8 rings (SSSR count). The lowest BCUT2D eigenvalue weighted by Gasteiger charge is -2.51. The van der Waals surface area contributed by atoms with Crippen LogP contribution in [0, 0.1) is 40.9 Å². The van der Waals surface area contributed by atoms with E-state index in [1.807, 2.05) is 0 Å². The van der Waals surface area contributed by atoms with E-state index >= 15 is 0 Å². The first kappa shape index (κ1) is 34.4. The zero-order valence-electron chi connectivity index (χ0n) is 29.7. The monoisotopic (exact) mass is 692 g/mol. The Kier molecular flexibility index (Phi) is 10.3. The Balaban J connectivity index is 0.847. The van der Waals surface area contributed by atoms with Crippen molar-refractivity contribution in [3.63, 3.8) is 0 Å². The van der Waals surface area contributed by atoms with Gasteiger partial charge >= 0.3 is 15.2 Å². The van der Waals surface area contributed by atoms with Crippen molar-refractivity contribution in [2.45, 2.75) is 204 Å². The third-order valence-corrected chi connectivity index (χ3v) is 20.8. The van der Waals surface area contributed by atoms with Gasteiger partial charge in [0.25, 0.3) is 0 Å². The maximum Gasteiger partial charge on any atom is 0.334 e. The molecular weight excluding hydrogens is 626 g/mol. The maximum absolute atomic E-state index is 14.5. The molecule has 6 aliphatic carbocycles. The van der Waals surface area contributed by atoms with Crippen molar-refractivity contribution in [2.24, 2.45) is 40.9 Å². The van der Waals surface area contributed by atoms with Crippen LogP contribution in [0.15, 0.2) is 0 Å². The Morgan fingerprint density at radius 2 is 0.787 bits per heavy atom. The SMILES string of the molecule is CC(C)(C1CCC(OP2(=O)OC3CCCCC3C3CCCCC32)CC1)C1CCC(OP2(=O)OC3CCCCC3C3CCCCC32)CC1. The highest BCUT2D eigenvalue weighted by Gasteiger charge is 2.56. The first-order valence-corrected chi connectivity index (χ1v) is 23.9. The summed E-state index contributed by atoms with van der Waals surface area (Å²) in [6.07, 6.45) is 28.3. The van der Waals surface area contributed by atoms with Crippen LogP contribution >= 0.6 is 15.2 Å². The van der Waals surface area contributed by atoms with Crippen molar-refractivity contribution in [1.29, 1.82) is 0 Å². The van der Waals surface area contributed by atoms with Crippen molar-refractivity contribution in [3.05, 3.63) is 0 Å². The van der Waals surface area contributed by atoms with Crippen LogP contribution in [0.4, 0.5) is 0 Å². The zero-order chi connectivity index (χ0) is 32.2. The van der Waals surface area contributed by atoms with Crippen molar-refractivity contribution >= 4 is 15.2 Å². The third-order valence-electron chi connectivity index (χ3n) is 15.6. The average molecular weight is 693 g/mol. The maximum atomic E-state index is 14.5. The van der Waals surface area contributed by atoms with Crippen LogP contribution < -0.4 is 0 Å². The average Bonchev–Trinajstić information content (AvgIpc) is 3.09. The minimum absolute atomic E-state index is 0.0832. The van der Waals surface area contributed by atoms with Gasteiger partial charge < -0.3 is 18.1 Å². The molecule has 10 atom stereocenters. The van der Waals surface area contributed by atoms with Crippen LogP contribution in [0.25, 0.3) is 0 Å². The van der Waals surface area contributed by atoms with E-state index in [-0.39, 0.29) is 41.1 Å². The first-order valence-electron chi connectivity index (χ1n) is 20.7. The highest BCUT2D eigenvalue weighted by atomic mass is 31.2. The summed E-state index contributed by atoms with van der Waals surface area (Å²) in [6.45, 7) is 5.02. The highest BCUT2D eigenvalue weighted by Crippen LogP contribution is 2.69. The van der Waals surface area contributed by atoms with Gasteiger partial charge in [-0.3, -0.25) is 9.13 Å². The van der Waals surface area contributed by atoms with Crippen LogP contribution in [0.3, 0.4) is 0 Å². The van der Waals surface area contributed by atoms with Gasteiger partial charge in [-0.05, 0) is 144 Å². The second-order valence-corrected chi connectivity index (χ2v) is 22.6. The van der Waals surface area contributed by atoms with Gasteiger partial charge in [-0.1, -0.05) is 65.2 Å². The Labute approximate surface area is 286 Å². The van der Waals surface area contributed by atoms with Crippen LogP contribution in [0.5, 0.6) is 0 Å². The van der Waals surface area contributed by atoms with Crippen molar-refractivity contribution in [2.75, 3.05) is 0 Å². The molecule has 6 saturated carbocycles. The van der Waals surface area contributed by atoms with Crippen molar-refractivity contribution < 1.29 is 27.2 Å². The van der Waals surface area contributed by atoms with Gasteiger partial charge in [-0.25, -0.2) is 0 Å². The molecule has 8 heteroatoms. The minimum atomic E-state index is -3.08. The minimum Gasteiger partial charge on any atom is -0.305 e. The molecule has 8 fully saturated rings. The zero-order valence-corrected chi connectivity index (χ0v) is 31.5. The molecule has 2 aliphatic heterocycles. The topological polar surface area (TPSA) is 71.1 Å². The van der Waals surface area contributed by atoms with Gasteiger partial charge in [-0.15, -0.1) is 0 Å². The lowest BCUT2D eigenvalue weighted by Crippen LogP contribution is -2.46. The lowest BCUT2D eigenvalue weighted by molar-refractivity contribution is -0.0311. The summed E-state index contributed by atoms with van der Waals surface area (Å²) in [5.74, 6) is 3.66. The van der Waals surface area contributed by atoms with Gasteiger partial charge in [0.1, 0.15) is 0 Å². The van der Waals surface area contributed by atoms with E-state index in [1.165, 1.54) is 77.0 Å². The molecule has 10 unspecified atom stereocenters. The molecule has 0 radical (unpaired) electrons. The van der Waals surface area contributed by atoms with Gasteiger partial charge in [0.05, 0.1) is 35.7 Å². The fraction of sp³-hybridized carbons (Fsp3) is 1.00. The molecule has 0 aromatic carbocycles. The molecule has 0 aromatic rings. The van der Waals surface area contributed by atoms with Gasteiger partial charge in [0.15, 0.2) is 0 Å². The molecular formula is C39H66O6P2. The van der Waals surface area contributed by atoms with E-state index in [4.69, 9.17) is 18.1 Å². The molecule has 0 amide bonds. The highest BCUT2D eigenvalue weighted by molar-refractivity contribution is 7.55. The third kappa shape index (κ3) is 6.72. The summed E-state index contributed by atoms with van der Waals surface area (Å²) in [4.78, 5) is 0. The van der Waals surface area contributed by atoms with Crippen molar-refractivity contribution in [1.82, 2.24) is 0 Å². The van der Waals surface area contributed by atoms with E-state index in [2.05, 4.69) is 13.8 Å². The quantitative estimate of drug-likeness (QED) is 0.258. The predicted octanol–water partition coefficient (Wildman–Crippen LogP) is 11.8. The molecule has 0 bridgehead atoms. The molecule has 0 spiro atoms. The molecule has 2 heterocycles. The molecule has 6 nitrogen and oxygen atoms in total. The van der Waals surface area contributed by atoms with Crippen LogP contribution in [0.2, 0.25) is 0 Å². The fourth-order valence-corrected chi connectivity index (χ4v) is 18.8. The molecule has 8 aliphatic rings. The Morgan fingerprint density at radius 3 is 1.19 bits per heavy atom. The molecule has 268 valence electrons. The number of rotatable bonds is 6. The van der Waals surface area contributed by atoms with Gasteiger partial charge in [-0.2, -0.15) is 0 Å². The summed E-state index contributed by atoms with van der Waals surface area (Å²) in [6, 6.07) is 0. The van der Waals surface area contributed by atoms with E-state index in [0.717, 1.165) is 77.0 Å². The van der Waals surface area contributed by atoms with Crippen LogP contribution in [-0.4, -0.2) is 35.7 Å². The molecule has 2 saturated heterocycles. The second kappa shape index (κ2) is 14.0. The first-order chi connectivity index (χ1) is 22.7. The van der Waals surface area contributed by atoms with Crippen LogP contribution in [0.1, 0.15) is 168 Å². The molecule has 47 heavy (non-hydrogen) atoms. The van der Waals surface area contributed by atoms with Crippen molar-refractivity contribution in [3.8, 4) is 0 Å². The number of hydrogen-bond donors (Lipinski definition) is 0. The Morgan fingerprint density at radius 1 is 0.447 bits per heavy atom. The Bertz CT molecular complexity index is 1090. The predicted molar refractivity (Wildman–Crippen MR) is 188 cm³/mol. The smallest absolute Gasteiger partial charge is 0.305 e. The summed E-state index contributed by atoms with van der Waals surface area (Å²) in [7, 11) is -6.16. The summed E-state index contributed by atoms with van der Waals surface area (Å²) >= 11 is 0. The number of fused-ring (bicyclic) bond motifs is 6.